The molecule has 0 aliphatic rings. The van der Waals surface area contributed by atoms with E-state index in [1.807, 2.05) is 24.3 Å². The Hall–Kier alpha value is -2.67. The molecule has 21 heavy (non-hydrogen) atoms. The normalized spacial score (nSPS) is 10.5. The number of imidazole rings is 1. The largest absolute Gasteiger partial charge is 0.368 e. The highest BCUT2D eigenvalue weighted by Crippen LogP contribution is 2.16. The van der Waals surface area contributed by atoms with Crippen molar-refractivity contribution in [3.63, 3.8) is 0 Å². The molecular weight excluding hydrogens is 290 g/mol. The average molecular weight is 302 g/mol. The third-order valence-electron chi connectivity index (χ3n) is 2.77. The lowest BCUT2D eigenvalue weighted by Gasteiger charge is -2.08. The molecule has 0 radical (unpaired) electrons. The molecule has 1 aromatic carbocycles. The van der Waals surface area contributed by atoms with Gasteiger partial charge in [0.2, 0.25) is 17.8 Å². The zero-order chi connectivity index (χ0) is 14.7. The summed E-state index contributed by atoms with van der Waals surface area (Å²) in [4.78, 5) is 16.4. The Bertz CT molecular complexity index is 742. The molecule has 0 amide bonds. The Morgan fingerprint density at radius 1 is 1.19 bits per heavy atom. The minimum absolute atomic E-state index is 0.135. The Kier molecular flexibility index (Phi) is 3.65. The maximum Gasteiger partial charge on any atom is 0.241 e. The van der Waals surface area contributed by atoms with Gasteiger partial charge >= 0.3 is 0 Å². The van der Waals surface area contributed by atoms with Crippen LogP contribution >= 0.6 is 11.6 Å². The van der Waals surface area contributed by atoms with E-state index in [2.05, 4.69) is 25.3 Å². The van der Waals surface area contributed by atoms with Crippen LogP contribution in [0.1, 0.15) is 5.56 Å². The van der Waals surface area contributed by atoms with E-state index in [-0.39, 0.29) is 5.95 Å². The van der Waals surface area contributed by atoms with E-state index < -0.39 is 0 Å². The highest BCUT2D eigenvalue weighted by molar-refractivity contribution is 6.31. The topological polar surface area (TPSA) is 94.5 Å². The Labute approximate surface area is 125 Å². The predicted octanol–water partition coefficient (Wildman–Crippen LogP) is 1.90. The van der Waals surface area contributed by atoms with E-state index in [0.717, 1.165) is 5.56 Å². The summed E-state index contributed by atoms with van der Waals surface area (Å²) in [6, 6.07) is 7.55. The quantitative estimate of drug-likeness (QED) is 0.764. The molecule has 0 saturated carbocycles. The Morgan fingerprint density at radius 3 is 2.81 bits per heavy atom. The molecule has 0 atom stereocenters. The van der Waals surface area contributed by atoms with Gasteiger partial charge in [-0.2, -0.15) is 15.0 Å². The first-order valence-electron chi connectivity index (χ1n) is 6.19. The van der Waals surface area contributed by atoms with E-state index in [0.29, 0.717) is 23.5 Å². The molecule has 3 rings (SSSR count). The van der Waals surface area contributed by atoms with Crippen molar-refractivity contribution in [1.82, 2.24) is 24.5 Å². The van der Waals surface area contributed by atoms with Gasteiger partial charge in [-0.3, -0.25) is 4.57 Å². The van der Waals surface area contributed by atoms with E-state index >= 15 is 0 Å². The number of halogens is 1. The molecule has 106 valence electrons. The van der Waals surface area contributed by atoms with E-state index in [1.54, 1.807) is 23.3 Å². The fourth-order valence-corrected chi connectivity index (χ4v) is 1.97. The van der Waals surface area contributed by atoms with Crippen molar-refractivity contribution in [2.75, 3.05) is 11.1 Å². The van der Waals surface area contributed by atoms with Crippen molar-refractivity contribution in [3.05, 3.63) is 53.6 Å². The van der Waals surface area contributed by atoms with Gasteiger partial charge in [0.1, 0.15) is 6.33 Å². The molecule has 0 bridgehead atoms. The van der Waals surface area contributed by atoms with Crippen LogP contribution in [0.4, 0.5) is 11.9 Å². The number of anilines is 2. The number of nitrogens with one attached hydrogen (secondary N) is 1. The van der Waals surface area contributed by atoms with Crippen LogP contribution in [-0.2, 0) is 6.54 Å². The highest BCUT2D eigenvalue weighted by Gasteiger charge is 2.06. The number of rotatable bonds is 4. The molecular formula is C13H12ClN7. The molecule has 0 saturated heterocycles. The number of hydrogen-bond acceptors (Lipinski definition) is 6. The number of aromatic nitrogens is 5. The van der Waals surface area contributed by atoms with Crippen LogP contribution in [0.25, 0.3) is 5.95 Å². The summed E-state index contributed by atoms with van der Waals surface area (Å²) in [5, 5.41) is 3.77. The predicted molar refractivity (Wildman–Crippen MR) is 80.1 cm³/mol. The summed E-state index contributed by atoms with van der Waals surface area (Å²) in [6.07, 6.45) is 4.95. The lowest BCUT2D eigenvalue weighted by molar-refractivity contribution is 0.895. The molecule has 8 heteroatoms. The van der Waals surface area contributed by atoms with Crippen molar-refractivity contribution in [3.8, 4) is 5.95 Å². The van der Waals surface area contributed by atoms with Crippen molar-refractivity contribution >= 4 is 23.5 Å². The molecule has 0 aliphatic heterocycles. The number of benzene rings is 1. The summed E-state index contributed by atoms with van der Waals surface area (Å²) >= 11 is 6.10. The molecule has 0 unspecified atom stereocenters. The van der Waals surface area contributed by atoms with Crippen LogP contribution in [0.3, 0.4) is 0 Å². The summed E-state index contributed by atoms with van der Waals surface area (Å²) in [7, 11) is 0. The summed E-state index contributed by atoms with van der Waals surface area (Å²) in [5.74, 6) is 0.920. The molecule has 3 aromatic rings. The first-order chi connectivity index (χ1) is 10.2. The lowest BCUT2D eigenvalue weighted by Crippen LogP contribution is -2.10. The third kappa shape index (κ3) is 3.09. The maximum absolute atomic E-state index is 6.10. The zero-order valence-electron chi connectivity index (χ0n) is 10.9. The second kappa shape index (κ2) is 5.76. The number of nitrogens with two attached hydrogens (primary N) is 1. The van der Waals surface area contributed by atoms with Gasteiger partial charge < -0.3 is 11.1 Å². The number of nitrogen functional groups attached to an aromatic ring is 1. The van der Waals surface area contributed by atoms with Crippen LogP contribution in [0, 0.1) is 0 Å². The van der Waals surface area contributed by atoms with Gasteiger partial charge in [0.15, 0.2) is 0 Å². The van der Waals surface area contributed by atoms with Gasteiger partial charge in [0, 0.05) is 24.0 Å². The van der Waals surface area contributed by atoms with Crippen molar-refractivity contribution in [2.24, 2.45) is 0 Å². The second-order valence-corrected chi connectivity index (χ2v) is 4.64. The number of hydrogen-bond donors (Lipinski definition) is 2. The molecule has 7 nitrogen and oxygen atoms in total. The van der Waals surface area contributed by atoms with Gasteiger partial charge in [0.05, 0.1) is 0 Å². The Balaban J connectivity index is 1.81. The van der Waals surface area contributed by atoms with Crippen LogP contribution < -0.4 is 11.1 Å². The molecule has 2 aromatic heterocycles. The van der Waals surface area contributed by atoms with E-state index in [9.17, 15) is 0 Å². The van der Waals surface area contributed by atoms with Gasteiger partial charge in [-0.15, -0.1) is 0 Å². The minimum atomic E-state index is 0.135. The molecule has 0 aliphatic carbocycles. The summed E-state index contributed by atoms with van der Waals surface area (Å²) < 4.78 is 1.65. The fourth-order valence-electron chi connectivity index (χ4n) is 1.77. The first-order valence-corrected chi connectivity index (χ1v) is 6.57. The number of nitrogens with zero attached hydrogens (tertiary/aromatic N) is 5. The van der Waals surface area contributed by atoms with Crippen LogP contribution in [0.15, 0.2) is 43.0 Å². The van der Waals surface area contributed by atoms with Crippen molar-refractivity contribution in [1.29, 1.82) is 0 Å². The van der Waals surface area contributed by atoms with Gasteiger partial charge in [-0.05, 0) is 11.6 Å². The maximum atomic E-state index is 6.10. The lowest BCUT2D eigenvalue weighted by atomic mass is 10.2. The van der Waals surface area contributed by atoms with Crippen LogP contribution in [0.5, 0.6) is 0 Å². The molecule has 0 fully saturated rings. The fraction of sp³-hybridized carbons (Fsp3) is 0.0769. The highest BCUT2D eigenvalue weighted by atomic mass is 35.5. The van der Waals surface area contributed by atoms with Gasteiger partial charge in [-0.1, -0.05) is 29.8 Å². The monoisotopic (exact) mass is 301 g/mol. The van der Waals surface area contributed by atoms with Crippen LogP contribution in [0.2, 0.25) is 5.02 Å². The average Bonchev–Trinajstić information content (AvgIpc) is 3.00. The van der Waals surface area contributed by atoms with Gasteiger partial charge in [-0.25, -0.2) is 4.98 Å². The standard InChI is InChI=1S/C13H12ClN7/c14-10-4-2-1-3-9(10)7-17-12-18-11(15)19-13(20-12)21-6-5-16-8-21/h1-6,8H,7H2,(H3,15,17,18,19,20). The first kappa shape index (κ1) is 13.3. The molecule has 2 heterocycles. The van der Waals surface area contributed by atoms with Crippen molar-refractivity contribution in [2.45, 2.75) is 6.54 Å². The molecule has 3 N–H and O–H groups in total. The zero-order valence-corrected chi connectivity index (χ0v) is 11.7. The Morgan fingerprint density at radius 2 is 2.05 bits per heavy atom. The SMILES string of the molecule is Nc1nc(NCc2ccccc2Cl)nc(-n2ccnc2)n1. The third-order valence-corrected chi connectivity index (χ3v) is 3.14. The van der Waals surface area contributed by atoms with Crippen molar-refractivity contribution < 1.29 is 0 Å². The molecule has 0 spiro atoms. The summed E-state index contributed by atoms with van der Waals surface area (Å²) in [6.45, 7) is 0.493. The van der Waals surface area contributed by atoms with E-state index in [4.69, 9.17) is 17.3 Å². The smallest absolute Gasteiger partial charge is 0.241 e. The van der Waals surface area contributed by atoms with E-state index in [1.165, 1.54) is 0 Å². The van der Waals surface area contributed by atoms with Gasteiger partial charge in [0.25, 0.3) is 0 Å². The minimum Gasteiger partial charge on any atom is -0.368 e. The van der Waals surface area contributed by atoms with Crippen LogP contribution in [-0.4, -0.2) is 24.5 Å². The second-order valence-electron chi connectivity index (χ2n) is 4.23. The summed E-state index contributed by atoms with van der Waals surface area (Å²) in [5.41, 5.74) is 6.65.